The molecule has 0 heterocycles. The van der Waals surface area contributed by atoms with Crippen molar-refractivity contribution < 1.29 is 19.4 Å². The number of ketones is 1. The third-order valence-electron chi connectivity index (χ3n) is 16.0. The summed E-state index contributed by atoms with van der Waals surface area (Å²) < 4.78 is 6.58. The Kier molecular flexibility index (Phi) is 11.3. The van der Waals surface area contributed by atoms with Crippen molar-refractivity contribution in [2.75, 3.05) is 0 Å². The van der Waals surface area contributed by atoms with Crippen molar-refractivity contribution in [3.63, 3.8) is 0 Å². The number of carbonyl (C=O) groups excluding carboxylic acids is 1. The molecule has 1 aromatic carbocycles. The van der Waals surface area contributed by atoms with Gasteiger partial charge in [-0.3, -0.25) is 9.59 Å². The summed E-state index contributed by atoms with van der Waals surface area (Å²) in [5.74, 6) is 2.43. The number of Topliss-reactive ketones (excluding diaryl/α,β-unsaturated/α-hetero) is 1. The first-order valence-corrected chi connectivity index (χ1v) is 21.0. The Hall–Kier alpha value is -2.36. The fraction of sp³-hybridized carbons (Fsp3) is 0.750. The van der Waals surface area contributed by atoms with E-state index in [4.69, 9.17) is 4.74 Å². The summed E-state index contributed by atoms with van der Waals surface area (Å²) in [7, 11) is 0. The summed E-state index contributed by atoms with van der Waals surface area (Å²) in [5, 5.41) is 9.65. The highest BCUT2D eigenvalue weighted by Gasteiger charge is 2.69. The Morgan fingerprint density at radius 1 is 0.904 bits per heavy atom. The summed E-state index contributed by atoms with van der Waals surface area (Å²) in [6.07, 6.45) is 14.2. The van der Waals surface area contributed by atoms with Gasteiger partial charge in [-0.2, -0.15) is 0 Å². The molecule has 4 fully saturated rings. The highest BCUT2D eigenvalue weighted by atomic mass is 16.5. The molecule has 290 valence electrons. The fourth-order valence-corrected chi connectivity index (χ4v) is 13.7. The predicted molar refractivity (Wildman–Crippen MR) is 215 cm³/mol. The maximum atomic E-state index is 13.7. The number of aryl methyl sites for hydroxylation is 2. The van der Waals surface area contributed by atoms with E-state index >= 15 is 0 Å². The molecule has 5 aliphatic carbocycles. The van der Waals surface area contributed by atoms with Crippen molar-refractivity contribution in [3.05, 3.63) is 58.9 Å². The van der Waals surface area contributed by atoms with Crippen LogP contribution in [-0.2, 0) is 20.7 Å². The summed E-state index contributed by atoms with van der Waals surface area (Å²) in [6, 6.07) is 8.66. The standard InChI is InChI=1S/C39H62O4.C9H12/c1-12-17-39-21-15-29-37(10)18-13-27-35(7,8)30(43-25(4)22-34(5,6)33(41)42)16-20-36(27,9)28(37)14-19-38(29,11)32(39)31(24(2)3)26(40)23-39;1-3-9-6-4-8(2)5-7-9/h24,27-30H,4,12-23H2,1-3,5-11H3,(H,41,42);4-7H,3H2,1-2H3. The van der Waals surface area contributed by atoms with Gasteiger partial charge in [-0.1, -0.05) is 111 Å². The Morgan fingerprint density at radius 3 is 2.06 bits per heavy atom. The van der Waals surface area contributed by atoms with Gasteiger partial charge < -0.3 is 9.84 Å². The molecule has 4 nitrogen and oxygen atoms in total. The maximum absolute atomic E-state index is 13.7. The lowest BCUT2D eigenvalue weighted by atomic mass is 9.34. The van der Waals surface area contributed by atoms with Crippen LogP contribution in [0, 0.1) is 63.1 Å². The van der Waals surface area contributed by atoms with Crippen LogP contribution < -0.4 is 0 Å². The molecule has 5 aliphatic rings. The molecule has 8 atom stereocenters. The average Bonchev–Trinajstić information content (AvgIpc) is 3.35. The van der Waals surface area contributed by atoms with Crippen LogP contribution in [0.5, 0.6) is 0 Å². The number of hydrogen-bond acceptors (Lipinski definition) is 3. The van der Waals surface area contributed by atoms with Gasteiger partial charge in [-0.15, -0.1) is 0 Å². The van der Waals surface area contributed by atoms with Gasteiger partial charge in [0.2, 0.25) is 0 Å². The zero-order valence-corrected chi connectivity index (χ0v) is 35.3. The van der Waals surface area contributed by atoms with E-state index in [1.54, 1.807) is 19.4 Å². The zero-order valence-electron chi connectivity index (χ0n) is 35.3. The second-order valence-electron chi connectivity index (χ2n) is 20.5. The smallest absolute Gasteiger partial charge is 0.309 e. The van der Waals surface area contributed by atoms with Crippen LogP contribution in [-0.4, -0.2) is 23.0 Å². The molecule has 0 amide bonds. The molecule has 1 N–H and O–H groups in total. The Labute approximate surface area is 318 Å². The van der Waals surface area contributed by atoms with Crippen molar-refractivity contribution >= 4 is 11.8 Å². The van der Waals surface area contributed by atoms with Gasteiger partial charge in [0.1, 0.15) is 6.10 Å². The van der Waals surface area contributed by atoms with Crippen LogP contribution in [0.4, 0.5) is 0 Å². The second-order valence-corrected chi connectivity index (χ2v) is 20.5. The molecule has 0 bridgehead atoms. The third-order valence-corrected chi connectivity index (χ3v) is 16.0. The normalized spacial score (nSPS) is 36.5. The van der Waals surface area contributed by atoms with Gasteiger partial charge in [0.25, 0.3) is 0 Å². The molecule has 4 saturated carbocycles. The minimum atomic E-state index is -0.880. The molecule has 6 rings (SSSR count). The van der Waals surface area contributed by atoms with Crippen LogP contribution in [0.15, 0.2) is 47.7 Å². The fourth-order valence-electron chi connectivity index (χ4n) is 13.7. The molecule has 52 heavy (non-hydrogen) atoms. The maximum Gasteiger partial charge on any atom is 0.309 e. The van der Waals surface area contributed by atoms with E-state index in [1.165, 1.54) is 55.2 Å². The topological polar surface area (TPSA) is 63.6 Å². The van der Waals surface area contributed by atoms with Crippen molar-refractivity contribution in [1.29, 1.82) is 0 Å². The molecule has 1 aromatic rings. The van der Waals surface area contributed by atoms with Gasteiger partial charge in [0, 0.05) is 18.3 Å². The number of carboxylic acids is 1. The number of ether oxygens (including phenoxy) is 1. The van der Waals surface area contributed by atoms with Gasteiger partial charge in [-0.25, -0.2) is 0 Å². The molecule has 0 spiro atoms. The van der Waals surface area contributed by atoms with E-state index in [0.29, 0.717) is 41.6 Å². The molecule has 0 aromatic heterocycles. The number of carbonyl (C=O) groups is 2. The van der Waals surface area contributed by atoms with E-state index in [9.17, 15) is 14.7 Å². The van der Waals surface area contributed by atoms with Gasteiger partial charge in [0.05, 0.1) is 11.2 Å². The largest absolute Gasteiger partial charge is 0.495 e. The number of carboxylic acid groups (broad SMARTS) is 1. The number of aliphatic carboxylic acids is 1. The number of allylic oxidation sites excluding steroid dienone is 3. The predicted octanol–water partition coefficient (Wildman–Crippen LogP) is 12.7. The van der Waals surface area contributed by atoms with E-state index < -0.39 is 11.4 Å². The summed E-state index contributed by atoms with van der Waals surface area (Å²) in [4.78, 5) is 25.4. The number of benzene rings is 1. The molecular formula is C48H74O4. The highest BCUT2D eigenvalue weighted by Crippen LogP contribution is 2.76. The SMILES string of the molecule is C=C(CC(C)(C)C(=O)O)OC1CCC2(C)C(CCC3(C)C4CCC5(CCC)CC(=O)C(C(C)C)=C5C4(C)CCC32)C1(C)C.CCc1ccc(C)cc1. The first kappa shape index (κ1) is 40.8. The molecule has 8 unspecified atom stereocenters. The second kappa shape index (κ2) is 14.4. The zero-order chi connectivity index (χ0) is 38.7. The number of rotatable bonds is 9. The van der Waals surface area contributed by atoms with Crippen molar-refractivity contribution in [1.82, 2.24) is 0 Å². The van der Waals surface area contributed by atoms with Crippen LogP contribution in [0.1, 0.15) is 164 Å². The van der Waals surface area contributed by atoms with Crippen molar-refractivity contribution in [2.24, 2.45) is 56.2 Å². The van der Waals surface area contributed by atoms with Crippen molar-refractivity contribution in [2.45, 2.75) is 173 Å². The summed E-state index contributed by atoms with van der Waals surface area (Å²) in [5.41, 5.74) is 5.45. The summed E-state index contributed by atoms with van der Waals surface area (Å²) in [6.45, 7) is 31.5. The monoisotopic (exact) mass is 715 g/mol. The first-order valence-electron chi connectivity index (χ1n) is 21.0. The first-order chi connectivity index (χ1) is 24.1. The Bertz CT molecular complexity index is 1540. The molecular weight excluding hydrogens is 641 g/mol. The van der Waals surface area contributed by atoms with Crippen LogP contribution in [0.2, 0.25) is 0 Å². The van der Waals surface area contributed by atoms with E-state index in [0.717, 1.165) is 38.5 Å². The van der Waals surface area contributed by atoms with E-state index in [2.05, 4.69) is 100 Å². The minimum Gasteiger partial charge on any atom is -0.495 e. The minimum absolute atomic E-state index is 0.0144. The van der Waals surface area contributed by atoms with Crippen LogP contribution >= 0.6 is 0 Å². The Morgan fingerprint density at radius 2 is 1.48 bits per heavy atom. The van der Waals surface area contributed by atoms with Gasteiger partial charge in [0.15, 0.2) is 5.78 Å². The lowest BCUT2D eigenvalue weighted by Crippen LogP contribution is -2.64. The summed E-state index contributed by atoms with van der Waals surface area (Å²) >= 11 is 0. The number of hydrogen-bond donors (Lipinski definition) is 1. The molecule has 0 aliphatic heterocycles. The van der Waals surface area contributed by atoms with Crippen LogP contribution in [0.3, 0.4) is 0 Å². The molecule has 0 radical (unpaired) electrons. The van der Waals surface area contributed by atoms with Gasteiger partial charge in [-0.05, 0) is 141 Å². The molecule has 4 heteroatoms. The van der Waals surface area contributed by atoms with E-state index in [1.807, 2.05) is 0 Å². The molecule has 0 saturated heterocycles. The highest BCUT2D eigenvalue weighted by molar-refractivity contribution is 6.00. The average molecular weight is 715 g/mol. The van der Waals surface area contributed by atoms with Crippen molar-refractivity contribution in [3.8, 4) is 0 Å². The third kappa shape index (κ3) is 6.78. The Balaban J connectivity index is 0.000000507. The van der Waals surface area contributed by atoms with E-state index in [-0.39, 0.29) is 33.2 Å². The van der Waals surface area contributed by atoms with Gasteiger partial charge >= 0.3 is 5.97 Å². The van der Waals surface area contributed by atoms with Crippen LogP contribution in [0.25, 0.3) is 0 Å². The lowest BCUT2D eigenvalue weighted by Gasteiger charge is -2.71. The number of fused-ring (bicyclic) bond motifs is 7. The lowest BCUT2D eigenvalue weighted by molar-refractivity contribution is -0.217. The quantitative estimate of drug-likeness (QED) is 0.259.